The van der Waals surface area contributed by atoms with E-state index in [1.54, 1.807) is 16.8 Å². The number of aromatic nitrogens is 3. The van der Waals surface area contributed by atoms with Crippen LogP contribution >= 0.6 is 0 Å². The highest BCUT2D eigenvalue weighted by molar-refractivity contribution is 7.88. The van der Waals surface area contributed by atoms with E-state index in [4.69, 9.17) is 4.74 Å². The molecule has 1 aliphatic rings. The minimum Gasteiger partial charge on any atom is -0.369 e. The Balaban J connectivity index is 1.78. The van der Waals surface area contributed by atoms with Crippen LogP contribution in [0.15, 0.2) is 24.3 Å². The number of rotatable bonds is 4. The molecule has 2 aromatic rings. The van der Waals surface area contributed by atoms with Crippen molar-refractivity contribution in [1.82, 2.24) is 19.7 Å². The molecular formula is C13H15FN4O3S. The average Bonchev–Trinajstić information content (AvgIpc) is 2.87. The number of ether oxygens (including phenoxy) is 1. The van der Waals surface area contributed by atoms with E-state index < -0.39 is 10.0 Å². The molecule has 1 aliphatic heterocycles. The van der Waals surface area contributed by atoms with Gasteiger partial charge in [-0.25, -0.2) is 22.2 Å². The number of benzene rings is 1. The van der Waals surface area contributed by atoms with Gasteiger partial charge in [-0.3, -0.25) is 0 Å². The van der Waals surface area contributed by atoms with E-state index in [9.17, 15) is 12.8 Å². The third-order valence-electron chi connectivity index (χ3n) is 3.34. The molecule has 9 heteroatoms. The Hall–Kier alpha value is -1.84. The van der Waals surface area contributed by atoms with E-state index >= 15 is 0 Å². The Morgan fingerprint density at radius 1 is 1.50 bits per heavy atom. The molecule has 0 radical (unpaired) electrons. The Labute approximate surface area is 127 Å². The zero-order valence-electron chi connectivity index (χ0n) is 11.9. The molecular weight excluding hydrogens is 311 g/mol. The molecule has 3 rings (SSSR count). The fourth-order valence-corrected chi connectivity index (χ4v) is 2.78. The summed E-state index contributed by atoms with van der Waals surface area (Å²) in [6.07, 6.45) is 0.781. The van der Waals surface area contributed by atoms with Crippen molar-refractivity contribution in [2.75, 3.05) is 12.8 Å². The molecule has 1 atom stereocenters. The summed E-state index contributed by atoms with van der Waals surface area (Å²) in [5, 5.41) is 8.12. The molecule has 22 heavy (non-hydrogen) atoms. The van der Waals surface area contributed by atoms with Gasteiger partial charge in [0.1, 0.15) is 11.5 Å². The number of sulfonamides is 1. The van der Waals surface area contributed by atoms with Gasteiger partial charge >= 0.3 is 0 Å². The molecule has 1 unspecified atom stereocenters. The monoisotopic (exact) mass is 326 g/mol. The second kappa shape index (κ2) is 5.75. The van der Waals surface area contributed by atoms with Crippen molar-refractivity contribution in [3.05, 3.63) is 35.8 Å². The number of fused-ring (bicyclic) bond motifs is 1. The van der Waals surface area contributed by atoms with Gasteiger partial charge in [-0.1, -0.05) is 17.3 Å². The van der Waals surface area contributed by atoms with Gasteiger partial charge in [-0.15, -0.1) is 5.10 Å². The quantitative estimate of drug-likeness (QED) is 0.886. The van der Waals surface area contributed by atoms with Gasteiger partial charge < -0.3 is 4.74 Å². The number of halogens is 1. The van der Waals surface area contributed by atoms with Crippen LogP contribution < -0.4 is 4.72 Å². The second-order valence-electron chi connectivity index (χ2n) is 5.13. The SMILES string of the molecule is CS(=O)(=O)NCC1Cn2nnc(-c3cccc(F)c3)c2CO1. The first kappa shape index (κ1) is 15.1. The zero-order chi connectivity index (χ0) is 15.7. The normalized spacial score (nSPS) is 18.2. The molecule has 2 heterocycles. The Morgan fingerprint density at radius 2 is 2.32 bits per heavy atom. The van der Waals surface area contributed by atoms with Crippen LogP contribution in [0.5, 0.6) is 0 Å². The highest BCUT2D eigenvalue weighted by atomic mass is 32.2. The molecule has 0 fully saturated rings. The maximum atomic E-state index is 13.3. The third-order valence-corrected chi connectivity index (χ3v) is 4.03. The lowest BCUT2D eigenvalue weighted by atomic mass is 10.1. The van der Waals surface area contributed by atoms with Crippen LogP contribution in [0.25, 0.3) is 11.3 Å². The number of hydrogen-bond acceptors (Lipinski definition) is 5. The molecule has 1 aromatic heterocycles. The van der Waals surface area contributed by atoms with E-state index in [0.717, 1.165) is 11.9 Å². The predicted molar refractivity (Wildman–Crippen MR) is 76.8 cm³/mol. The van der Waals surface area contributed by atoms with E-state index in [1.807, 2.05) is 0 Å². The molecule has 0 aliphatic carbocycles. The number of nitrogens with one attached hydrogen (secondary N) is 1. The zero-order valence-corrected chi connectivity index (χ0v) is 12.7. The molecule has 0 saturated carbocycles. The fourth-order valence-electron chi connectivity index (χ4n) is 2.29. The maximum Gasteiger partial charge on any atom is 0.208 e. The minimum atomic E-state index is -3.26. The Kier molecular flexibility index (Phi) is 3.94. The van der Waals surface area contributed by atoms with Crippen molar-refractivity contribution in [3.8, 4) is 11.3 Å². The lowest BCUT2D eigenvalue weighted by Gasteiger charge is -2.24. The first-order valence-electron chi connectivity index (χ1n) is 6.67. The lowest BCUT2D eigenvalue weighted by Crippen LogP contribution is -2.38. The summed E-state index contributed by atoms with van der Waals surface area (Å²) in [6, 6.07) is 6.12. The van der Waals surface area contributed by atoms with Crippen LogP contribution in [0.4, 0.5) is 4.39 Å². The molecule has 1 N–H and O–H groups in total. The van der Waals surface area contributed by atoms with Gasteiger partial charge in [0.05, 0.1) is 31.2 Å². The highest BCUT2D eigenvalue weighted by Gasteiger charge is 2.25. The maximum absolute atomic E-state index is 13.3. The Morgan fingerprint density at radius 3 is 3.05 bits per heavy atom. The highest BCUT2D eigenvalue weighted by Crippen LogP contribution is 2.25. The third kappa shape index (κ3) is 3.32. The first-order valence-corrected chi connectivity index (χ1v) is 8.56. The van der Waals surface area contributed by atoms with Crippen molar-refractivity contribution in [3.63, 3.8) is 0 Å². The van der Waals surface area contributed by atoms with Crippen molar-refractivity contribution < 1.29 is 17.5 Å². The largest absolute Gasteiger partial charge is 0.369 e. The van der Waals surface area contributed by atoms with Gasteiger partial charge in [0.25, 0.3) is 0 Å². The van der Waals surface area contributed by atoms with E-state index in [0.29, 0.717) is 17.8 Å². The lowest BCUT2D eigenvalue weighted by molar-refractivity contribution is 0.00434. The topological polar surface area (TPSA) is 86.1 Å². The molecule has 1 aromatic carbocycles. The summed E-state index contributed by atoms with van der Waals surface area (Å²) in [6.45, 7) is 0.808. The van der Waals surface area contributed by atoms with E-state index in [-0.39, 0.29) is 25.1 Å². The van der Waals surface area contributed by atoms with Crippen molar-refractivity contribution in [2.45, 2.75) is 19.3 Å². The summed E-state index contributed by atoms with van der Waals surface area (Å²) < 4.78 is 45.2. The summed E-state index contributed by atoms with van der Waals surface area (Å²) >= 11 is 0. The molecule has 0 amide bonds. The van der Waals surface area contributed by atoms with Crippen LogP contribution in [0.1, 0.15) is 5.69 Å². The number of hydrogen-bond donors (Lipinski definition) is 1. The average molecular weight is 326 g/mol. The number of nitrogens with zero attached hydrogens (tertiary/aromatic N) is 3. The predicted octanol–water partition coefficient (Wildman–Crippen LogP) is 0.532. The van der Waals surface area contributed by atoms with E-state index in [1.165, 1.54) is 12.1 Å². The van der Waals surface area contributed by atoms with Crippen molar-refractivity contribution in [1.29, 1.82) is 0 Å². The molecule has 0 bridgehead atoms. The standard InChI is InChI=1S/C13H15FN4O3S/c1-22(19,20)15-6-11-7-18-12(8-21-11)13(16-17-18)9-3-2-4-10(14)5-9/h2-5,11,15H,6-8H2,1H3. The molecule has 118 valence electrons. The molecule has 0 saturated heterocycles. The summed E-state index contributed by atoms with van der Waals surface area (Å²) in [7, 11) is -3.26. The summed E-state index contributed by atoms with van der Waals surface area (Å²) in [5.41, 5.74) is 1.97. The van der Waals surface area contributed by atoms with Crippen LogP contribution in [0, 0.1) is 5.82 Å². The van der Waals surface area contributed by atoms with Gasteiger partial charge in [-0.2, -0.15) is 0 Å². The van der Waals surface area contributed by atoms with Crippen LogP contribution in [-0.2, 0) is 27.9 Å². The van der Waals surface area contributed by atoms with Gasteiger partial charge in [0.15, 0.2) is 0 Å². The van der Waals surface area contributed by atoms with Gasteiger partial charge in [-0.05, 0) is 12.1 Å². The van der Waals surface area contributed by atoms with Gasteiger partial charge in [0, 0.05) is 12.1 Å². The van der Waals surface area contributed by atoms with Gasteiger partial charge in [0.2, 0.25) is 10.0 Å². The summed E-state index contributed by atoms with van der Waals surface area (Å²) in [5.74, 6) is -0.341. The molecule has 0 spiro atoms. The van der Waals surface area contributed by atoms with Crippen LogP contribution in [0.2, 0.25) is 0 Å². The fraction of sp³-hybridized carbons (Fsp3) is 0.385. The Bertz CT molecular complexity index is 790. The smallest absolute Gasteiger partial charge is 0.208 e. The first-order chi connectivity index (χ1) is 10.4. The van der Waals surface area contributed by atoms with Crippen molar-refractivity contribution >= 4 is 10.0 Å². The van der Waals surface area contributed by atoms with Crippen LogP contribution in [0.3, 0.4) is 0 Å². The van der Waals surface area contributed by atoms with E-state index in [2.05, 4.69) is 15.0 Å². The molecule has 7 nitrogen and oxygen atoms in total. The second-order valence-corrected chi connectivity index (χ2v) is 6.96. The van der Waals surface area contributed by atoms with Crippen LogP contribution in [-0.4, -0.2) is 42.3 Å². The minimum absolute atomic E-state index is 0.174. The van der Waals surface area contributed by atoms with Crippen molar-refractivity contribution in [2.24, 2.45) is 0 Å². The summed E-state index contributed by atoms with van der Waals surface area (Å²) in [4.78, 5) is 0.